The molecular formula is C25H42BrNO2. The van der Waals surface area contributed by atoms with Gasteiger partial charge in [-0.3, -0.25) is 4.79 Å². The van der Waals surface area contributed by atoms with Crippen molar-refractivity contribution in [2.45, 2.75) is 104 Å². The standard InChI is InChI=1S/C25H42BrNO2/c1-3-4-5-6-7-8-9-10-11-12-13-14-15-16-19-27-25(28)21-29-24-18-17-22(2)20-23(24)26/h17-18,20H,3-16,19,21H2,1-2H3,(H,27,28). The Labute approximate surface area is 187 Å². The lowest BCUT2D eigenvalue weighted by Gasteiger charge is -2.09. The van der Waals surface area contributed by atoms with Crippen molar-refractivity contribution in [2.75, 3.05) is 13.2 Å². The fourth-order valence-corrected chi connectivity index (χ4v) is 4.07. The molecule has 0 unspecified atom stereocenters. The molecule has 1 aromatic carbocycles. The van der Waals surface area contributed by atoms with E-state index in [-0.39, 0.29) is 12.5 Å². The van der Waals surface area contributed by atoms with E-state index in [1.807, 2.05) is 25.1 Å². The van der Waals surface area contributed by atoms with Gasteiger partial charge in [-0.1, -0.05) is 96.5 Å². The molecule has 0 aromatic heterocycles. The van der Waals surface area contributed by atoms with Crippen molar-refractivity contribution in [3.63, 3.8) is 0 Å². The Morgan fingerprint density at radius 3 is 1.90 bits per heavy atom. The average molecular weight is 469 g/mol. The molecule has 0 saturated heterocycles. The van der Waals surface area contributed by atoms with Crippen LogP contribution >= 0.6 is 15.9 Å². The van der Waals surface area contributed by atoms with Gasteiger partial charge in [-0.2, -0.15) is 0 Å². The highest BCUT2D eigenvalue weighted by Crippen LogP contribution is 2.25. The van der Waals surface area contributed by atoms with Gasteiger partial charge in [0.1, 0.15) is 5.75 Å². The molecule has 29 heavy (non-hydrogen) atoms. The van der Waals surface area contributed by atoms with E-state index in [0.717, 1.165) is 23.0 Å². The minimum absolute atomic E-state index is 0.0489. The molecular weight excluding hydrogens is 426 g/mol. The third-order valence-corrected chi connectivity index (χ3v) is 5.92. The van der Waals surface area contributed by atoms with Crippen LogP contribution < -0.4 is 10.1 Å². The van der Waals surface area contributed by atoms with Gasteiger partial charge in [-0.05, 0) is 47.0 Å². The number of rotatable bonds is 18. The third-order valence-electron chi connectivity index (χ3n) is 5.30. The monoisotopic (exact) mass is 467 g/mol. The summed E-state index contributed by atoms with van der Waals surface area (Å²) in [7, 11) is 0. The van der Waals surface area contributed by atoms with Gasteiger partial charge in [0.15, 0.2) is 6.61 Å². The van der Waals surface area contributed by atoms with E-state index >= 15 is 0 Å². The first-order valence-electron chi connectivity index (χ1n) is 11.8. The second-order valence-electron chi connectivity index (χ2n) is 8.17. The number of carbonyl (C=O) groups is 1. The van der Waals surface area contributed by atoms with Gasteiger partial charge in [-0.15, -0.1) is 0 Å². The zero-order valence-electron chi connectivity index (χ0n) is 18.7. The second kappa shape index (κ2) is 17.8. The lowest BCUT2D eigenvalue weighted by molar-refractivity contribution is -0.123. The van der Waals surface area contributed by atoms with Gasteiger partial charge < -0.3 is 10.1 Å². The topological polar surface area (TPSA) is 38.3 Å². The van der Waals surface area contributed by atoms with Crippen LogP contribution in [-0.2, 0) is 4.79 Å². The Bertz CT molecular complexity index is 548. The van der Waals surface area contributed by atoms with Crippen LogP contribution in [0.15, 0.2) is 22.7 Å². The molecule has 0 heterocycles. The summed E-state index contributed by atoms with van der Waals surface area (Å²) in [5, 5.41) is 2.95. The van der Waals surface area contributed by atoms with Crippen LogP contribution in [0.3, 0.4) is 0 Å². The molecule has 0 fully saturated rings. The zero-order valence-corrected chi connectivity index (χ0v) is 20.3. The molecule has 0 aliphatic rings. The van der Waals surface area contributed by atoms with E-state index in [1.54, 1.807) is 0 Å². The fourth-order valence-electron chi connectivity index (χ4n) is 3.46. The summed E-state index contributed by atoms with van der Waals surface area (Å²) in [6, 6.07) is 5.86. The highest BCUT2D eigenvalue weighted by Gasteiger charge is 2.05. The molecule has 1 rings (SSSR count). The average Bonchev–Trinajstić information content (AvgIpc) is 2.70. The molecule has 0 radical (unpaired) electrons. The molecule has 4 heteroatoms. The predicted octanol–water partition coefficient (Wildman–Crippen LogP) is 7.73. The highest BCUT2D eigenvalue weighted by atomic mass is 79.9. The van der Waals surface area contributed by atoms with Crippen LogP contribution in [0.2, 0.25) is 0 Å². The second-order valence-corrected chi connectivity index (χ2v) is 9.02. The molecule has 0 saturated carbocycles. The van der Waals surface area contributed by atoms with Crippen molar-refractivity contribution in [2.24, 2.45) is 0 Å². The van der Waals surface area contributed by atoms with Gasteiger partial charge in [-0.25, -0.2) is 0 Å². The van der Waals surface area contributed by atoms with Crippen molar-refractivity contribution in [3.05, 3.63) is 28.2 Å². The van der Waals surface area contributed by atoms with Crippen LogP contribution in [0.25, 0.3) is 0 Å². The molecule has 0 aliphatic carbocycles. The molecule has 1 aromatic rings. The summed E-state index contributed by atoms with van der Waals surface area (Å²) >= 11 is 3.46. The number of unbranched alkanes of at least 4 members (excludes halogenated alkanes) is 13. The number of benzene rings is 1. The normalized spacial score (nSPS) is 10.9. The number of carbonyl (C=O) groups excluding carboxylic acids is 1. The lowest BCUT2D eigenvalue weighted by Crippen LogP contribution is -2.29. The maximum atomic E-state index is 11.9. The van der Waals surface area contributed by atoms with Crippen molar-refractivity contribution in [1.29, 1.82) is 0 Å². The van der Waals surface area contributed by atoms with Crippen LogP contribution in [-0.4, -0.2) is 19.1 Å². The van der Waals surface area contributed by atoms with E-state index in [0.29, 0.717) is 5.75 Å². The number of halogens is 1. The number of ether oxygens (including phenoxy) is 1. The first kappa shape index (κ1) is 26.0. The van der Waals surface area contributed by atoms with Gasteiger partial charge in [0.2, 0.25) is 0 Å². The van der Waals surface area contributed by atoms with Crippen molar-refractivity contribution < 1.29 is 9.53 Å². The largest absolute Gasteiger partial charge is 0.483 e. The molecule has 0 aliphatic heterocycles. The van der Waals surface area contributed by atoms with Gasteiger partial charge >= 0.3 is 0 Å². The molecule has 166 valence electrons. The molecule has 1 amide bonds. The summed E-state index contributed by atoms with van der Waals surface area (Å²) < 4.78 is 6.46. The van der Waals surface area contributed by atoms with E-state index < -0.39 is 0 Å². The van der Waals surface area contributed by atoms with Crippen molar-refractivity contribution in [3.8, 4) is 5.75 Å². The molecule has 1 N–H and O–H groups in total. The molecule has 0 bridgehead atoms. The maximum absolute atomic E-state index is 11.9. The predicted molar refractivity (Wildman–Crippen MR) is 128 cm³/mol. The smallest absolute Gasteiger partial charge is 0.257 e. The fraction of sp³-hybridized carbons (Fsp3) is 0.720. The number of nitrogens with one attached hydrogen (secondary N) is 1. The van der Waals surface area contributed by atoms with Crippen LogP contribution in [0, 0.1) is 6.92 Å². The molecule has 0 atom stereocenters. The maximum Gasteiger partial charge on any atom is 0.257 e. The Morgan fingerprint density at radius 1 is 0.862 bits per heavy atom. The van der Waals surface area contributed by atoms with Crippen molar-refractivity contribution in [1.82, 2.24) is 5.32 Å². The number of aryl methyl sites for hydroxylation is 1. The zero-order chi connectivity index (χ0) is 21.2. The van der Waals surface area contributed by atoms with E-state index in [1.165, 1.54) is 83.5 Å². The Hall–Kier alpha value is -1.03. The number of hydrogen-bond donors (Lipinski definition) is 1. The third kappa shape index (κ3) is 14.6. The Kier molecular flexibility index (Phi) is 16.0. The Morgan fingerprint density at radius 2 is 1.38 bits per heavy atom. The summed E-state index contributed by atoms with van der Waals surface area (Å²) in [5.41, 5.74) is 1.16. The Balaban J connectivity index is 1.85. The van der Waals surface area contributed by atoms with Gasteiger partial charge in [0.25, 0.3) is 5.91 Å². The summed E-state index contributed by atoms with van der Waals surface area (Å²) in [4.78, 5) is 11.9. The first-order valence-corrected chi connectivity index (χ1v) is 12.6. The number of hydrogen-bond acceptors (Lipinski definition) is 2. The van der Waals surface area contributed by atoms with Crippen LogP contribution in [0.5, 0.6) is 5.75 Å². The van der Waals surface area contributed by atoms with Gasteiger partial charge in [0, 0.05) is 6.54 Å². The quantitative estimate of drug-likeness (QED) is 0.224. The molecule has 3 nitrogen and oxygen atoms in total. The summed E-state index contributed by atoms with van der Waals surface area (Å²) in [6.45, 7) is 5.12. The lowest BCUT2D eigenvalue weighted by atomic mass is 10.0. The summed E-state index contributed by atoms with van der Waals surface area (Å²) in [6.07, 6.45) is 18.9. The highest BCUT2D eigenvalue weighted by molar-refractivity contribution is 9.10. The van der Waals surface area contributed by atoms with Crippen LogP contribution in [0.4, 0.5) is 0 Å². The molecule has 0 spiro atoms. The minimum Gasteiger partial charge on any atom is -0.483 e. The first-order chi connectivity index (χ1) is 14.1. The SMILES string of the molecule is CCCCCCCCCCCCCCCCNC(=O)COc1ccc(C)cc1Br. The van der Waals surface area contributed by atoms with Crippen LogP contribution in [0.1, 0.15) is 102 Å². The van der Waals surface area contributed by atoms with Crippen molar-refractivity contribution >= 4 is 21.8 Å². The van der Waals surface area contributed by atoms with E-state index in [2.05, 4.69) is 28.2 Å². The van der Waals surface area contributed by atoms with E-state index in [9.17, 15) is 4.79 Å². The minimum atomic E-state index is -0.0489. The van der Waals surface area contributed by atoms with Gasteiger partial charge in [0.05, 0.1) is 4.47 Å². The number of amides is 1. The van der Waals surface area contributed by atoms with E-state index in [4.69, 9.17) is 4.74 Å². The summed E-state index contributed by atoms with van der Waals surface area (Å²) in [5.74, 6) is 0.661.